The molecule has 2 saturated heterocycles. The molecule has 9 nitrogen and oxygen atoms in total. The maximum Gasteiger partial charge on any atom is 0.305 e. The van der Waals surface area contributed by atoms with E-state index in [9.17, 15) is 29.1 Å². The third-order valence-corrected chi connectivity index (χ3v) is 9.18. The Kier molecular flexibility index (Phi) is 5.71. The van der Waals surface area contributed by atoms with Gasteiger partial charge in [-0.1, -0.05) is 48.0 Å². The first-order valence-electron chi connectivity index (χ1n) is 13.1. The molecule has 2 N–H and O–H groups in total. The third kappa shape index (κ3) is 3.48. The molecule has 0 spiro atoms. The molecule has 0 aromatic heterocycles. The van der Waals surface area contributed by atoms with Gasteiger partial charge in [-0.2, -0.15) is 0 Å². The van der Waals surface area contributed by atoms with Crippen molar-refractivity contribution in [1.29, 1.82) is 0 Å². The summed E-state index contributed by atoms with van der Waals surface area (Å²) < 4.78 is 0. The standard InChI is InChI=1S/C30H28N2O7/c1-30-21(27(37)32(29(30)39)16-7-3-2-4-8-16)15-20-17(25(30)18-9-5-6-10-22(18)33)11-12-19-24(20)28(38)31(26(19)36)14-13-23(34)35/h2-11,19-21,24-25,33H,12-15H2,1H3,(H,34,35). The van der Waals surface area contributed by atoms with Gasteiger partial charge in [0.2, 0.25) is 23.6 Å². The topological polar surface area (TPSA) is 132 Å². The Labute approximate surface area is 224 Å². The number of anilines is 1. The summed E-state index contributed by atoms with van der Waals surface area (Å²) in [6, 6.07) is 15.4. The Morgan fingerprint density at radius 3 is 2.33 bits per heavy atom. The van der Waals surface area contributed by atoms with Crippen molar-refractivity contribution in [1.82, 2.24) is 4.90 Å². The van der Waals surface area contributed by atoms with E-state index in [4.69, 9.17) is 5.11 Å². The predicted octanol–water partition coefficient (Wildman–Crippen LogP) is 3.10. The molecule has 2 aliphatic carbocycles. The van der Waals surface area contributed by atoms with E-state index in [1.165, 1.54) is 11.0 Å². The van der Waals surface area contributed by atoms with Crippen LogP contribution in [0.5, 0.6) is 5.75 Å². The fourth-order valence-electron chi connectivity index (χ4n) is 7.41. The lowest BCUT2D eigenvalue weighted by Gasteiger charge is -2.49. The molecule has 3 fully saturated rings. The maximum absolute atomic E-state index is 14.2. The molecule has 0 radical (unpaired) electrons. The number of phenolic OH excluding ortho intramolecular Hbond substituents is 1. The molecule has 6 rings (SSSR count). The number of para-hydroxylation sites is 2. The number of imide groups is 2. The second-order valence-electron chi connectivity index (χ2n) is 11.0. The van der Waals surface area contributed by atoms with E-state index in [1.54, 1.807) is 55.5 Å². The second-order valence-corrected chi connectivity index (χ2v) is 11.0. The van der Waals surface area contributed by atoms with Gasteiger partial charge in [-0.05, 0) is 43.9 Å². The summed E-state index contributed by atoms with van der Waals surface area (Å²) in [6.07, 6.45) is 2.02. The zero-order chi connectivity index (χ0) is 27.6. The average molecular weight is 529 g/mol. The molecule has 9 heteroatoms. The molecular weight excluding hydrogens is 500 g/mol. The molecule has 6 atom stereocenters. The summed E-state index contributed by atoms with van der Waals surface area (Å²) in [5, 5.41) is 20.1. The van der Waals surface area contributed by atoms with E-state index in [2.05, 4.69) is 0 Å². The molecule has 2 heterocycles. The number of nitrogens with zero attached hydrogens (tertiary/aromatic N) is 2. The number of carbonyl (C=O) groups excluding carboxylic acids is 4. The third-order valence-electron chi connectivity index (χ3n) is 9.18. The lowest BCUT2D eigenvalue weighted by atomic mass is 9.51. The lowest BCUT2D eigenvalue weighted by Crippen LogP contribution is -2.48. The van der Waals surface area contributed by atoms with Gasteiger partial charge < -0.3 is 10.2 Å². The van der Waals surface area contributed by atoms with Crippen LogP contribution in [0.2, 0.25) is 0 Å². The molecule has 6 unspecified atom stereocenters. The van der Waals surface area contributed by atoms with Crippen LogP contribution in [0.15, 0.2) is 66.2 Å². The van der Waals surface area contributed by atoms with Gasteiger partial charge in [-0.3, -0.25) is 28.9 Å². The van der Waals surface area contributed by atoms with Crippen molar-refractivity contribution in [3.05, 3.63) is 71.8 Å². The minimum Gasteiger partial charge on any atom is -0.508 e. The zero-order valence-corrected chi connectivity index (χ0v) is 21.3. The summed E-state index contributed by atoms with van der Waals surface area (Å²) >= 11 is 0. The van der Waals surface area contributed by atoms with Gasteiger partial charge in [-0.15, -0.1) is 0 Å². The van der Waals surface area contributed by atoms with Crippen LogP contribution in [-0.2, 0) is 24.0 Å². The van der Waals surface area contributed by atoms with Crippen molar-refractivity contribution in [3.63, 3.8) is 0 Å². The number of aliphatic carboxylic acids is 1. The highest BCUT2D eigenvalue weighted by Gasteiger charge is 2.67. The zero-order valence-electron chi connectivity index (χ0n) is 21.3. The van der Waals surface area contributed by atoms with Crippen LogP contribution in [0.25, 0.3) is 0 Å². The summed E-state index contributed by atoms with van der Waals surface area (Å²) in [5.41, 5.74) is 0.500. The number of hydrogen-bond donors (Lipinski definition) is 2. The number of hydrogen-bond acceptors (Lipinski definition) is 6. The molecule has 2 aliphatic heterocycles. The van der Waals surface area contributed by atoms with E-state index in [0.29, 0.717) is 11.3 Å². The van der Waals surface area contributed by atoms with Crippen molar-refractivity contribution in [2.24, 2.45) is 29.1 Å². The van der Waals surface area contributed by atoms with Crippen LogP contribution in [-0.4, -0.2) is 51.3 Å². The number of carboxylic acid groups (broad SMARTS) is 1. The van der Waals surface area contributed by atoms with Crippen LogP contribution in [0.4, 0.5) is 5.69 Å². The summed E-state index contributed by atoms with van der Waals surface area (Å²) in [4.78, 5) is 68.4. The minimum atomic E-state index is -1.23. The quantitative estimate of drug-likeness (QED) is 0.450. The molecule has 2 aromatic rings. The first kappa shape index (κ1) is 25.0. The molecule has 4 aliphatic rings. The Bertz CT molecular complexity index is 1450. The maximum atomic E-state index is 14.2. The highest BCUT2D eigenvalue weighted by Crippen LogP contribution is 2.64. The van der Waals surface area contributed by atoms with Crippen LogP contribution >= 0.6 is 0 Å². The van der Waals surface area contributed by atoms with Gasteiger partial charge in [0, 0.05) is 18.0 Å². The lowest BCUT2D eigenvalue weighted by molar-refractivity contribution is -0.142. The molecule has 39 heavy (non-hydrogen) atoms. The number of aromatic hydroxyl groups is 1. The van der Waals surface area contributed by atoms with E-state index in [-0.39, 0.29) is 43.4 Å². The van der Waals surface area contributed by atoms with Crippen molar-refractivity contribution in [3.8, 4) is 5.75 Å². The second kappa shape index (κ2) is 8.90. The van der Waals surface area contributed by atoms with E-state index in [1.807, 2.05) is 6.08 Å². The van der Waals surface area contributed by atoms with E-state index in [0.717, 1.165) is 10.5 Å². The number of likely N-dealkylation sites (tertiary alicyclic amines) is 1. The number of carboxylic acids is 1. The van der Waals surface area contributed by atoms with Gasteiger partial charge in [0.25, 0.3) is 0 Å². The Morgan fingerprint density at radius 2 is 1.64 bits per heavy atom. The number of allylic oxidation sites excluding steroid dienone is 2. The fraction of sp³-hybridized carbons (Fsp3) is 0.367. The number of amides is 4. The van der Waals surface area contributed by atoms with Crippen LogP contribution in [0, 0.1) is 29.1 Å². The number of fused-ring (bicyclic) bond motifs is 4. The van der Waals surface area contributed by atoms with Crippen LogP contribution < -0.4 is 4.90 Å². The number of carbonyl (C=O) groups is 5. The first-order valence-corrected chi connectivity index (χ1v) is 13.1. The molecule has 2 aromatic carbocycles. The average Bonchev–Trinajstić information content (AvgIpc) is 3.28. The van der Waals surface area contributed by atoms with Crippen LogP contribution in [0.1, 0.15) is 37.7 Å². The molecule has 0 bridgehead atoms. The van der Waals surface area contributed by atoms with Gasteiger partial charge in [0.1, 0.15) is 5.75 Å². The van der Waals surface area contributed by atoms with E-state index >= 15 is 0 Å². The van der Waals surface area contributed by atoms with Crippen molar-refractivity contribution < 1.29 is 34.2 Å². The molecular formula is C30H28N2O7. The SMILES string of the molecule is CC12C(=O)N(c3ccccc3)C(=O)C1CC1C(=CCC3C(=O)N(CCC(=O)O)C(=O)C31)C2c1ccccc1O. The summed E-state index contributed by atoms with van der Waals surface area (Å²) in [7, 11) is 0. The largest absolute Gasteiger partial charge is 0.508 e. The smallest absolute Gasteiger partial charge is 0.305 e. The van der Waals surface area contributed by atoms with Gasteiger partial charge in [-0.25, -0.2) is 4.90 Å². The van der Waals surface area contributed by atoms with Gasteiger partial charge in [0.15, 0.2) is 0 Å². The molecule has 4 amide bonds. The predicted molar refractivity (Wildman–Crippen MR) is 138 cm³/mol. The van der Waals surface area contributed by atoms with E-state index < -0.39 is 52.8 Å². The summed E-state index contributed by atoms with van der Waals surface area (Å²) in [5.74, 6) is -6.06. The fourth-order valence-corrected chi connectivity index (χ4v) is 7.41. The summed E-state index contributed by atoms with van der Waals surface area (Å²) in [6.45, 7) is 1.56. The number of phenols is 1. The monoisotopic (exact) mass is 528 g/mol. The normalized spacial score (nSPS) is 31.6. The van der Waals surface area contributed by atoms with Crippen LogP contribution in [0.3, 0.4) is 0 Å². The van der Waals surface area contributed by atoms with Crippen molar-refractivity contribution >= 4 is 35.3 Å². The van der Waals surface area contributed by atoms with Crippen molar-refractivity contribution in [2.75, 3.05) is 11.4 Å². The van der Waals surface area contributed by atoms with Gasteiger partial charge >= 0.3 is 5.97 Å². The number of rotatable bonds is 5. The number of benzene rings is 2. The first-order chi connectivity index (χ1) is 18.7. The molecule has 200 valence electrons. The Hall–Kier alpha value is -4.27. The van der Waals surface area contributed by atoms with Gasteiger partial charge in [0.05, 0.1) is 35.3 Å². The Morgan fingerprint density at radius 1 is 0.949 bits per heavy atom. The molecule has 1 saturated carbocycles. The highest BCUT2D eigenvalue weighted by atomic mass is 16.4. The minimum absolute atomic E-state index is 0.0125. The highest BCUT2D eigenvalue weighted by molar-refractivity contribution is 6.24. The van der Waals surface area contributed by atoms with Crippen molar-refractivity contribution in [2.45, 2.75) is 32.1 Å². The Balaban J connectivity index is 1.48.